The largest absolute Gasteiger partial charge is 0.384 e. The summed E-state index contributed by atoms with van der Waals surface area (Å²) in [5.74, 6) is 1.74. The number of anilines is 3. The van der Waals surface area contributed by atoms with Crippen LogP contribution in [0.4, 0.5) is 17.3 Å². The minimum absolute atomic E-state index is 0.106. The molecule has 9 heteroatoms. The average Bonchev–Trinajstić information content (AvgIpc) is 3.13. The van der Waals surface area contributed by atoms with Crippen LogP contribution in [0.25, 0.3) is 27.8 Å². The van der Waals surface area contributed by atoms with E-state index in [1.807, 2.05) is 52.2 Å². The maximum absolute atomic E-state index is 5.93. The van der Waals surface area contributed by atoms with E-state index in [2.05, 4.69) is 30.7 Å². The molecule has 0 saturated heterocycles. The molecule has 4 aromatic rings. The predicted octanol–water partition coefficient (Wildman–Crippen LogP) is 3.19. The minimum atomic E-state index is 0.106. The van der Waals surface area contributed by atoms with Crippen molar-refractivity contribution in [1.82, 2.24) is 24.6 Å². The van der Waals surface area contributed by atoms with Crippen LogP contribution in [0, 0.1) is 0 Å². The normalized spacial score (nSPS) is 12.6. The van der Waals surface area contributed by atoms with Crippen molar-refractivity contribution in [2.24, 2.45) is 0 Å². The van der Waals surface area contributed by atoms with Gasteiger partial charge in [-0.15, -0.1) is 5.10 Å². The van der Waals surface area contributed by atoms with E-state index in [-0.39, 0.29) is 12.2 Å². The van der Waals surface area contributed by atoms with Crippen LogP contribution in [0.15, 0.2) is 36.8 Å². The zero-order valence-electron chi connectivity index (χ0n) is 17.5. The highest BCUT2D eigenvalue weighted by Crippen LogP contribution is 2.30. The Morgan fingerprint density at radius 2 is 1.97 bits per heavy atom. The zero-order chi connectivity index (χ0) is 21.3. The van der Waals surface area contributed by atoms with Crippen LogP contribution in [0.5, 0.6) is 0 Å². The molecule has 156 valence electrons. The van der Waals surface area contributed by atoms with Gasteiger partial charge in [0.15, 0.2) is 11.5 Å². The fraction of sp³-hybridized carbons (Fsp3) is 0.333. The summed E-state index contributed by atoms with van der Waals surface area (Å²) in [6.07, 6.45) is 5.69. The number of aromatic nitrogens is 5. The Labute approximate surface area is 174 Å². The third kappa shape index (κ3) is 3.97. The number of hydrogen-bond donors (Lipinski definition) is 3. The van der Waals surface area contributed by atoms with Crippen molar-refractivity contribution >= 4 is 33.7 Å². The van der Waals surface area contributed by atoms with E-state index in [1.54, 1.807) is 16.9 Å². The number of pyridine rings is 3. The number of ether oxygens (including phenoxy) is 1. The molecule has 30 heavy (non-hydrogen) atoms. The molecule has 0 bridgehead atoms. The van der Waals surface area contributed by atoms with Crippen LogP contribution in [0.2, 0.25) is 0 Å². The maximum atomic E-state index is 5.93. The van der Waals surface area contributed by atoms with Crippen LogP contribution in [0.1, 0.15) is 20.8 Å². The highest BCUT2D eigenvalue weighted by atomic mass is 16.5. The van der Waals surface area contributed by atoms with Crippen molar-refractivity contribution in [3.05, 3.63) is 36.8 Å². The van der Waals surface area contributed by atoms with Crippen LogP contribution in [0.3, 0.4) is 0 Å². The molecule has 4 aromatic heterocycles. The molecule has 0 saturated carbocycles. The maximum Gasteiger partial charge on any atom is 0.184 e. The second-order valence-electron chi connectivity index (χ2n) is 7.46. The molecule has 9 nitrogen and oxygen atoms in total. The Morgan fingerprint density at radius 1 is 1.13 bits per heavy atom. The molecule has 4 rings (SSSR count). The van der Waals surface area contributed by atoms with Gasteiger partial charge in [-0.2, -0.15) is 0 Å². The second-order valence-corrected chi connectivity index (χ2v) is 7.46. The van der Waals surface area contributed by atoms with Crippen molar-refractivity contribution in [2.75, 3.05) is 30.0 Å². The fourth-order valence-corrected chi connectivity index (χ4v) is 3.40. The SMILES string of the molecule is CNc1ncc(-c2nc3ccc(NC[C@@H](C)OC(C)C)cn3n2)c2cc(N)ncc12. The fourth-order valence-electron chi connectivity index (χ4n) is 3.40. The van der Waals surface area contributed by atoms with Gasteiger partial charge in [0.1, 0.15) is 11.6 Å². The third-order valence-electron chi connectivity index (χ3n) is 4.70. The molecule has 1 atom stereocenters. The highest BCUT2D eigenvalue weighted by molar-refractivity contribution is 6.01. The van der Waals surface area contributed by atoms with Crippen LogP contribution in [-0.4, -0.2) is 50.4 Å². The van der Waals surface area contributed by atoms with Crippen LogP contribution >= 0.6 is 0 Å². The van der Waals surface area contributed by atoms with Gasteiger partial charge in [-0.3, -0.25) is 0 Å². The van der Waals surface area contributed by atoms with Crippen molar-refractivity contribution in [3.8, 4) is 11.4 Å². The average molecular weight is 406 g/mol. The summed E-state index contributed by atoms with van der Waals surface area (Å²) in [4.78, 5) is 13.3. The van der Waals surface area contributed by atoms with E-state index in [0.29, 0.717) is 18.2 Å². The van der Waals surface area contributed by atoms with E-state index in [4.69, 9.17) is 10.5 Å². The first kappa shape index (κ1) is 19.8. The standard InChI is InChI=1S/C21H26N8O/c1-12(2)30-13(3)8-24-14-5-6-19-27-21(28-29(19)11-14)17-10-26-20(23-4)16-9-25-18(22)7-15(16)17/h5-7,9-13,24H,8H2,1-4H3,(H2,22,25)(H,23,26)/t13-/m1/s1. The van der Waals surface area contributed by atoms with E-state index >= 15 is 0 Å². The third-order valence-corrected chi connectivity index (χ3v) is 4.70. The van der Waals surface area contributed by atoms with Gasteiger partial charge in [-0.05, 0) is 39.0 Å². The number of nitrogens with zero attached hydrogens (tertiary/aromatic N) is 5. The van der Waals surface area contributed by atoms with Crippen molar-refractivity contribution in [3.63, 3.8) is 0 Å². The number of nitrogens with one attached hydrogen (secondary N) is 2. The van der Waals surface area contributed by atoms with E-state index in [9.17, 15) is 0 Å². The van der Waals surface area contributed by atoms with Crippen molar-refractivity contribution in [1.29, 1.82) is 0 Å². The Balaban J connectivity index is 1.67. The van der Waals surface area contributed by atoms with E-state index in [0.717, 1.165) is 33.5 Å². The molecule has 0 aliphatic rings. The summed E-state index contributed by atoms with van der Waals surface area (Å²) >= 11 is 0. The molecular weight excluding hydrogens is 380 g/mol. The number of nitrogens with two attached hydrogens (primary N) is 1. The van der Waals surface area contributed by atoms with Gasteiger partial charge in [0.05, 0.1) is 24.1 Å². The molecule has 0 spiro atoms. The van der Waals surface area contributed by atoms with Crippen LogP contribution < -0.4 is 16.4 Å². The molecule has 0 aliphatic heterocycles. The molecule has 0 unspecified atom stereocenters. The number of hydrogen-bond acceptors (Lipinski definition) is 8. The summed E-state index contributed by atoms with van der Waals surface area (Å²) in [7, 11) is 1.82. The first-order valence-electron chi connectivity index (χ1n) is 9.92. The van der Waals surface area contributed by atoms with Crippen LogP contribution in [-0.2, 0) is 4.74 Å². The lowest BCUT2D eigenvalue weighted by atomic mass is 10.1. The lowest BCUT2D eigenvalue weighted by Crippen LogP contribution is -2.23. The monoisotopic (exact) mass is 406 g/mol. The predicted molar refractivity (Wildman–Crippen MR) is 120 cm³/mol. The Bertz CT molecular complexity index is 1190. The second kappa shape index (κ2) is 8.11. The summed E-state index contributed by atoms with van der Waals surface area (Å²) < 4.78 is 7.52. The van der Waals surface area contributed by atoms with Gasteiger partial charge in [-0.25, -0.2) is 19.5 Å². The van der Waals surface area contributed by atoms with Gasteiger partial charge in [-0.1, -0.05) is 0 Å². The van der Waals surface area contributed by atoms with Gasteiger partial charge in [0, 0.05) is 42.3 Å². The quantitative estimate of drug-likeness (QED) is 0.429. The topological polar surface area (TPSA) is 115 Å². The number of fused-ring (bicyclic) bond motifs is 2. The summed E-state index contributed by atoms with van der Waals surface area (Å²) in [5.41, 5.74) is 8.42. The van der Waals surface area contributed by atoms with Crippen molar-refractivity contribution in [2.45, 2.75) is 33.0 Å². The lowest BCUT2D eigenvalue weighted by molar-refractivity contribution is 0.0266. The molecule has 0 aliphatic carbocycles. The Morgan fingerprint density at radius 3 is 2.73 bits per heavy atom. The summed E-state index contributed by atoms with van der Waals surface area (Å²) in [6.45, 7) is 6.82. The molecule has 0 fully saturated rings. The Kier molecular flexibility index (Phi) is 5.37. The van der Waals surface area contributed by atoms with Gasteiger partial charge >= 0.3 is 0 Å². The van der Waals surface area contributed by atoms with Crippen molar-refractivity contribution < 1.29 is 4.74 Å². The lowest BCUT2D eigenvalue weighted by Gasteiger charge is -2.17. The van der Waals surface area contributed by atoms with Gasteiger partial charge < -0.3 is 21.1 Å². The highest BCUT2D eigenvalue weighted by Gasteiger charge is 2.14. The molecule has 4 heterocycles. The number of nitrogen functional groups attached to an aromatic ring is 1. The smallest absolute Gasteiger partial charge is 0.184 e. The first-order chi connectivity index (χ1) is 14.4. The number of rotatable bonds is 7. The Hall–Kier alpha value is -3.46. The van der Waals surface area contributed by atoms with Gasteiger partial charge in [0.2, 0.25) is 0 Å². The summed E-state index contributed by atoms with van der Waals surface area (Å²) in [5, 5.41) is 12.9. The zero-order valence-corrected chi connectivity index (χ0v) is 17.5. The molecule has 0 aromatic carbocycles. The van der Waals surface area contributed by atoms with E-state index < -0.39 is 0 Å². The first-order valence-corrected chi connectivity index (χ1v) is 9.92. The van der Waals surface area contributed by atoms with Gasteiger partial charge in [0.25, 0.3) is 0 Å². The molecule has 0 radical (unpaired) electrons. The molecule has 0 amide bonds. The molecule has 4 N–H and O–H groups in total. The van der Waals surface area contributed by atoms with E-state index in [1.165, 1.54) is 0 Å². The summed E-state index contributed by atoms with van der Waals surface area (Å²) in [6, 6.07) is 5.74. The minimum Gasteiger partial charge on any atom is -0.384 e. The molecular formula is C21H26N8O.